The molecule has 0 aliphatic carbocycles. The van der Waals surface area contributed by atoms with E-state index in [1.54, 1.807) is 13.8 Å². The lowest BCUT2D eigenvalue weighted by atomic mass is 9.94. The third-order valence-electron chi connectivity index (χ3n) is 12.1. The van der Waals surface area contributed by atoms with Gasteiger partial charge in [-0.2, -0.15) is 0 Å². The minimum atomic E-state index is -1.54. The zero-order chi connectivity index (χ0) is 54.5. The van der Waals surface area contributed by atoms with E-state index in [9.17, 15) is 53.6 Å². The van der Waals surface area contributed by atoms with Gasteiger partial charge in [-0.05, 0) is 145 Å². The summed E-state index contributed by atoms with van der Waals surface area (Å²) in [5.74, 6) is -5.47. The van der Waals surface area contributed by atoms with Crippen molar-refractivity contribution in [2.75, 3.05) is 26.2 Å². The summed E-state index contributed by atoms with van der Waals surface area (Å²) >= 11 is 0. The number of primary amides is 1. The van der Waals surface area contributed by atoms with Crippen LogP contribution < -0.4 is 59.3 Å². The summed E-state index contributed by atoms with van der Waals surface area (Å²) in [6.45, 7) is 20.9. The molecule has 406 valence electrons. The highest BCUT2D eigenvalue weighted by Crippen LogP contribution is 2.16. The second kappa shape index (κ2) is 33.8. The Hall–Kier alpha value is -5.75. The van der Waals surface area contributed by atoms with E-state index in [4.69, 9.17) is 11.5 Å². The van der Waals surface area contributed by atoms with Crippen LogP contribution in [0.15, 0.2) is 10.3 Å². The quantitative estimate of drug-likeness (QED) is 0.0125. The van der Waals surface area contributed by atoms with Gasteiger partial charge in [-0.3, -0.25) is 38.4 Å². The van der Waals surface area contributed by atoms with Gasteiger partial charge >= 0.3 is 0 Å². The number of nitrogens with one attached hydrogen (secondary N) is 9. The number of carbonyl (C=O) groups is 9. The molecule has 6 atom stereocenters. The van der Waals surface area contributed by atoms with Gasteiger partial charge in [-0.15, -0.1) is 0 Å². The fourth-order valence-corrected chi connectivity index (χ4v) is 6.87. The summed E-state index contributed by atoms with van der Waals surface area (Å²) in [4.78, 5) is 115. The van der Waals surface area contributed by atoms with Gasteiger partial charge in [-0.25, -0.2) is 0 Å². The van der Waals surface area contributed by atoms with Crippen LogP contribution in [-0.2, 0) is 43.2 Å². The molecule has 0 rings (SSSR count). The molecule has 0 fully saturated rings. The average molecular weight is 1010 g/mol. The molecule has 0 saturated carbocycles. The maximum Gasteiger partial charge on any atom is 0.243 e. The number of hydrogen-bond donors (Lipinski definition) is 13. The molecule has 0 bridgehead atoms. The third-order valence-corrected chi connectivity index (χ3v) is 12.1. The zero-order valence-electron chi connectivity index (χ0n) is 43.9. The largest absolute Gasteiger partial charge is 0.411 e. The molecule has 24 heteroatoms. The molecule has 15 N–H and O–H groups in total. The van der Waals surface area contributed by atoms with Crippen LogP contribution in [0.2, 0.25) is 0 Å². The predicted octanol–water partition coefficient (Wildman–Crippen LogP) is -0.286. The second-order valence-electron chi connectivity index (χ2n) is 19.6. The molecular formula is C47H87N13O11. The van der Waals surface area contributed by atoms with Gasteiger partial charge < -0.3 is 74.5 Å². The van der Waals surface area contributed by atoms with Gasteiger partial charge in [0.2, 0.25) is 47.3 Å². The number of nitrogens with zero attached hydrogens (tertiary/aromatic N) is 2. The Labute approximate surface area is 419 Å². The Kier molecular flexibility index (Phi) is 31.0. The molecule has 8 amide bonds. The highest BCUT2D eigenvalue weighted by atomic mass is 16.4. The molecule has 24 nitrogen and oxygen atoms in total. The van der Waals surface area contributed by atoms with Crippen LogP contribution in [0.4, 0.5) is 0 Å². The third kappa shape index (κ3) is 27.4. The van der Waals surface area contributed by atoms with Crippen LogP contribution in [0.1, 0.15) is 147 Å². The monoisotopic (exact) mass is 1010 g/mol. The molecule has 0 saturated heterocycles. The summed E-state index contributed by atoms with van der Waals surface area (Å²) in [6.07, 6.45) is 4.17. The number of nitrogens with two attached hydrogens (primary N) is 2. The van der Waals surface area contributed by atoms with Crippen molar-refractivity contribution in [2.45, 2.75) is 194 Å². The molecular weight excluding hydrogens is 923 g/mol. The summed E-state index contributed by atoms with van der Waals surface area (Å²) in [6, 6.07) is -6.97. The molecule has 0 aliphatic rings. The Bertz CT molecular complexity index is 1770. The molecule has 0 radical (unpaired) electrons. The van der Waals surface area contributed by atoms with Crippen LogP contribution in [0.3, 0.4) is 0 Å². The van der Waals surface area contributed by atoms with Gasteiger partial charge in [0, 0.05) is 19.4 Å². The number of unbranched alkanes of at least 4 members (excludes halogenated alkanes) is 1. The van der Waals surface area contributed by atoms with Gasteiger partial charge in [-0.1, -0.05) is 24.2 Å². The van der Waals surface area contributed by atoms with Crippen molar-refractivity contribution in [3.63, 3.8) is 0 Å². The number of amides is 8. The minimum Gasteiger partial charge on any atom is -0.411 e. The number of oxime groups is 2. The normalized spacial score (nSPS) is 15.2. The maximum absolute atomic E-state index is 13.2. The lowest BCUT2D eigenvalue weighted by Crippen LogP contribution is -2.58. The van der Waals surface area contributed by atoms with Gasteiger partial charge in [0.15, 0.2) is 0 Å². The van der Waals surface area contributed by atoms with Crippen LogP contribution >= 0.6 is 0 Å². The molecule has 0 heterocycles. The topological polar surface area (TPSA) is 379 Å². The molecule has 0 aromatic rings. The van der Waals surface area contributed by atoms with Gasteiger partial charge in [0.25, 0.3) is 0 Å². The molecule has 71 heavy (non-hydrogen) atoms. The van der Waals surface area contributed by atoms with E-state index in [0.29, 0.717) is 69.6 Å². The van der Waals surface area contributed by atoms with Crippen molar-refractivity contribution in [1.82, 2.24) is 47.9 Å². The average Bonchev–Trinajstić information content (AvgIpc) is 3.29. The van der Waals surface area contributed by atoms with Crippen molar-refractivity contribution < 1.29 is 53.6 Å². The van der Waals surface area contributed by atoms with Gasteiger partial charge in [0.1, 0.15) is 36.5 Å². The van der Waals surface area contributed by atoms with E-state index in [0.717, 1.165) is 12.8 Å². The van der Waals surface area contributed by atoms with Crippen molar-refractivity contribution in [2.24, 2.45) is 33.6 Å². The van der Waals surface area contributed by atoms with E-state index in [1.807, 2.05) is 41.5 Å². The highest BCUT2D eigenvalue weighted by molar-refractivity contribution is 5.98. The first-order valence-corrected chi connectivity index (χ1v) is 24.5. The molecule has 0 aromatic heterocycles. The Morgan fingerprint density at radius 2 is 1.03 bits per heavy atom. The number of carbonyl (C=O) groups excluding carboxylic acids is 9. The molecule has 0 aromatic carbocycles. The summed E-state index contributed by atoms with van der Waals surface area (Å²) in [5, 5.41) is 49.8. The lowest BCUT2D eigenvalue weighted by Gasteiger charge is -2.28. The standard InChI is InChI=1S/C47H87N13O11/c1-28(2)25-36(45(69)56-35(27-61)15-12-13-21-48)57-43(67)31(5)54-41(65)30(4)55-44(68)37(26-38(49)62)58-42(66)29(3)53-40(64)17-14-16-39(63)50-22-18-34(19-23-51-46(8,9)32(6)59-70)20-24-52-47(10,11)33(7)60-71/h27-31,34-37,51-52,70-71H,12-26,48H2,1-11H3,(H2,49,62)(H,50,63)(H,53,64)(H,54,65)(H,55,68)(H,56,69)(H,57,67)(H,58,66)/b59-32-,60-33-/t29-,30-,31-,35-,36-,37-/m0/s1. The minimum absolute atomic E-state index is 0.0240. The fraction of sp³-hybridized carbons (Fsp3) is 0.766. The Morgan fingerprint density at radius 1 is 0.577 bits per heavy atom. The van der Waals surface area contributed by atoms with E-state index in [-0.39, 0.29) is 43.4 Å². The van der Waals surface area contributed by atoms with Crippen LogP contribution in [0.5, 0.6) is 0 Å². The van der Waals surface area contributed by atoms with Crippen molar-refractivity contribution in [3.8, 4) is 0 Å². The summed E-state index contributed by atoms with van der Waals surface area (Å²) in [7, 11) is 0. The van der Waals surface area contributed by atoms with E-state index in [1.165, 1.54) is 20.8 Å². The first-order chi connectivity index (χ1) is 33.1. The predicted molar refractivity (Wildman–Crippen MR) is 269 cm³/mol. The van der Waals surface area contributed by atoms with Crippen molar-refractivity contribution in [1.29, 1.82) is 0 Å². The Morgan fingerprint density at radius 3 is 1.51 bits per heavy atom. The number of rotatable bonds is 37. The first kappa shape index (κ1) is 65.2. The van der Waals surface area contributed by atoms with Gasteiger partial charge in [0.05, 0.1) is 35.0 Å². The second-order valence-corrected chi connectivity index (χ2v) is 19.6. The molecule has 0 spiro atoms. The molecule has 0 unspecified atom stereocenters. The highest BCUT2D eigenvalue weighted by Gasteiger charge is 2.31. The number of hydrogen-bond acceptors (Lipinski definition) is 16. The first-order valence-electron chi connectivity index (χ1n) is 24.5. The van der Waals surface area contributed by atoms with Crippen LogP contribution in [0.25, 0.3) is 0 Å². The summed E-state index contributed by atoms with van der Waals surface area (Å²) in [5.41, 5.74) is 10.9. The Balaban J connectivity index is 5.25. The lowest BCUT2D eigenvalue weighted by molar-refractivity contribution is -0.135. The smallest absolute Gasteiger partial charge is 0.243 e. The number of aldehydes is 1. The van der Waals surface area contributed by atoms with Crippen LogP contribution in [-0.4, -0.2) is 149 Å². The van der Waals surface area contributed by atoms with Crippen molar-refractivity contribution >= 4 is 65.0 Å². The summed E-state index contributed by atoms with van der Waals surface area (Å²) < 4.78 is 0. The SMILES string of the molecule is C/C(=N/O)C(C)(C)NCCC(CCNC(=O)CCCC(=O)N[C@@H](C)C(=O)N[C@@H](CC(N)=O)C(=O)N[C@@H](C)C(=O)N[C@@H](C)C(=O)N[C@@H](CC(C)C)C(=O)N[C@H](C=O)CCCCN)CCNC(C)(C)/C(C)=N\O. The van der Waals surface area contributed by atoms with E-state index in [2.05, 4.69) is 58.2 Å². The van der Waals surface area contributed by atoms with Crippen LogP contribution in [0, 0.1) is 11.8 Å². The van der Waals surface area contributed by atoms with Crippen molar-refractivity contribution in [3.05, 3.63) is 0 Å². The van der Waals surface area contributed by atoms with E-state index < -0.39 is 95.1 Å². The fourth-order valence-electron chi connectivity index (χ4n) is 6.87. The van der Waals surface area contributed by atoms with E-state index >= 15 is 0 Å². The maximum atomic E-state index is 13.2. The zero-order valence-corrected chi connectivity index (χ0v) is 43.9. The molecule has 0 aliphatic heterocycles.